The highest BCUT2D eigenvalue weighted by atomic mass is 19.1. The average Bonchev–Trinajstić information content (AvgIpc) is 2.76. The fourth-order valence-corrected chi connectivity index (χ4v) is 2.83. The Hall–Kier alpha value is -3.87. The molecule has 0 fully saturated rings. The molecular formula is C23H22FN3O3. The predicted molar refractivity (Wildman–Crippen MR) is 114 cm³/mol. The van der Waals surface area contributed by atoms with E-state index >= 15 is 0 Å². The highest BCUT2D eigenvalue weighted by Crippen LogP contribution is 2.23. The van der Waals surface area contributed by atoms with Crippen molar-refractivity contribution in [1.82, 2.24) is 10.9 Å². The van der Waals surface area contributed by atoms with E-state index in [1.807, 2.05) is 37.3 Å². The highest BCUT2D eigenvalue weighted by Gasteiger charge is 2.14. The lowest BCUT2D eigenvalue weighted by molar-refractivity contribution is -0.120. The van der Waals surface area contributed by atoms with Gasteiger partial charge in [-0.2, -0.15) is 0 Å². The molecule has 0 aliphatic carbocycles. The molecule has 7 heteroatoms. The van der Waals surface area contributed by atoms with E-state index in [0.29, 0.717) is 17.0 Å². The molecule has 3 aromatic rings. The van der Waals surface area contributed by atoms with Crippen molar-refractivity contribution in [2.75, 3.05) is 19.0 Å². The second kappa shape index (κ2) is 9.56. The lowest BCUT2D eigenvalue weighted by atomic mass is 10.0. The molecule has 6 nitrogen and oxygen atoms in total. The number of ether oxygens (including phenoxy) is 1. The number of methoxy groups -OCH3 is 1. The van der Waals surface area contributed by atoms with Gasteiger partial charge in [0.15, 0.2) is 0 Å². The normalized spacial score (nSPS) is 10.2. The number of hydrogen-bond acceptors (Lipinski definition) is 4. The molecule has 0 saturated carbocycles. The molecule has 0 spiro atoms. The van der Waals surface area contributed by atoms with Gasteiger partial charge in [0.1, 0.15) is 11.6 Å². The summed E-state index contributed by atoms with van der Waals surface area (Å²) in [5.41, 5.74) is 7.57. The summed E-state index contributed by atoms with van der Waals surface area (Å²) >= 11 is 0. The van der Waals surface area contributed by atoms with Gasteiger partial charge in [-0.15, -0.1) is 0 Å². The van der Waals surface area contributed by atoms with Gasteiger partial charge in [0, 0.05) is 0 Å². The minimum atomic E-state index is -0.742. The number of benzene rings is 3. The summed E-state index contributed by atoms with van der Waals surface area (Å²) in [6.07, 6.45) is 0. The first-order valence-electron chi connectivity index (χ1n) is 9.30. The van der Waals surface area contributed by atoms with Gasteiger partial charge in [-0.05, 0) is 42.3 Å². The molecular weight excluding hydrogens is 385 g/mol. The molecule has 30 heavy (non-hydrogen) atoms. The Labute approximate surface area is 174 Å². The van der Waals surface area contributed by atoms with E-state index in [-0.39, 0.29) is 12.1 Å². The number of aryl methyl sites for hydroxylation is 1. The number of hydrogen-bond donors (Lipinski definition) is 3. The van der Waals surface area contributed by atoms with E-state index in [2.05, 4.69) is 16.2 Å². The van der Waals surface area contributed by atoms with Crippen molar-refractivity contribution in [3.8, 4) is 16.9 Å². The minimum Gasteiger partial charge on any atom is -0.495 e. The number of carbonyl (C=O) groups excluding carboxylic acids is 2. The molecule has 0 aliphatic heterocycles. The van der Waals surface area contributed by atoms with Gasteiger partial charge in [0.2, 0.25) is 0 Å². The topological polar surface area (TPSA) is 79.5 Å². The van der Waals surface area contributed by atoms with Gasteiger partial charge in [0.05, 0.1) is 24.9 Å². The Balaban J connectivity index is 1.56. The summed E-state index contributed by atoms with van der Waals surface area (Å²) in [6, 6.07) is 19.1. The third-order valence-electron chi connectivity index (χ3n) is 4.46. The zero-order valence-electron chi connectivity index (χ0n) is 16.7. The molecule has 3 N–H and O–H groups in total. The molecule has 0 aliphatic rings. The zero-order chi connectivity index (χ0) is 21.5. The Morgan fingerprint density at radius 3 is 2.33 bits per heavy atom. The fourth-order valence-electron chi connectivity index (χ4n) is 2.83. The maximum Gasteiger partial charge on any atom is 0.272 e. The van der Waals surface area contributed by atoms with Gasteiger partial charge in [-0.1, -0.05) is 48.0 Å². The van der Waals surface area contributed by atoms with E-state index in [0.717, 1.165) is 11.1 Å². The van der Waals surface area contributed by atoms with Crippen LogP contribution in [0.5, 0.6) is 5.75 Å². The predicted octanol–water partition coefficient (Wildman–Crippen LogP) is 3.68. The number of anilines is 1. The zero-order valence-corrected chi connectivity index (χ0v) is 16.7. The van der Waals surface area contributed by atoms with Crippen molar-refractivity contribution in [2.24, 2.45) is 0 Å². The van der Waals surface area contributed by atoms with Crippen LogP contribution in [0.4, 0.5) is 10.1 Å². The third kappa shape index (κ3) is 5.14. The van der Waals surface area contributed by atoms with Crippen molar-refractivity contribution in [3.63, 3.8) is 0 Å². The summed E-state index contributed by atoms with van der Waals surface area (Å²) < 4.78 is 19.6. The van der Waals surface area contributed by atoms with Crippen molar-refractivity contribution >= 4 is 17.5 Å². The Morgan fingerprint density at radius 1 is 0.933 bits per heavy atom. The molecule has 0 heterocycles. The SMILES string of the molecule is COc1ccccc1NCC(=O)NNC(=O)c1ccc(-c2ccc(C)cc2)cc1F. The first-order chi connectivity index (χ1) is 14.5. The molecule has 0 saturated heterocycles. The number of halogens is 1. The molecule has 0 unspecified atom stereocenters. The number of hydrazine groups is 1. The van der Waals surface area contributed by atoms with Crippen molar-refractivity contribution in [1.29, 1.82) is 0 Å². The van der Waals surface area contributed by atoms with E-state index in [1.165, 1.54) is 19.2 Å². The monoisotopic (exact) mass is 407 g/mol. The number of para-hydroxylation sites is 2. The lowest BCUT2D eigenvalue weighted by Crippen LogP contribution is -2.44. The molecule has 3 aromatic carbocycles. The summed E-state index contributed by atoms with van der Waals surface area (Å²) in [5.74, 6) is -1.32. The van der Waals surface area contributed by atoms with E-state index in [1.54, 1.807) is 24.3 Å². The van der Waals surface area contributed by atoms with Gasteiger partial charge in [-0.25, -0.2) is 4.39 Å². The summed E-state index contributed by atoms with van der Waals surface area (Å²) in [7, 11) is 1.53. The first kappa shape index (κ1) is 20.9. The number of nitrogens with one attached hydrogen (secondary N) is 3. The third-order valence-corrected chi connectivity index (χ3v) is 4.46. The highest BCUT2D eigenvalue weighted by molar-refractivity contribution is 5.96. The first-order valence-corrected chi connectivity index (χ1v) is 9.30. The van der Waals surface area contributed by atoms with Crippen LogP contribution in [0.15, 0.2) is 66.7 Å². The number of amides is 2. The lowest BCUT2D eigenvalue weighted by Gasteiger charge is -2.12. The summed E-state index contributed by atoms with van der Waals surface area (Å²) in [4.78, 5) is 24.2. The van der Waals surface area contributed by atoms with Crippen LogP contribution < -0.4 is 20.9 Å². The van der Waals surface area contributed by atoms with Crippen LogP contribution in [0.2, 0.25) is 0 Å². The molecule has 3 rings (SSSR count). The second-order valence-electron chi connectivity index (χ2n) is 6.62. The van der Waals surface area contributed by atoms with Gasteiger partial charge >= 0.3 is 0 Å². The van der Waals surface area contributed by atoms with Crippen LogP contribution in [0, 0.1) is 12.7 Å². The maximum absolute atomic E-state index is 14.4. The molecule has 0 atom stereocenters. The molecule has 0 radical (unpaired) electrons. The quantitative estimate of drug-likeness (QED) is 0.545. The van der Waals surface area contributed by atoms with Gasteiger partial charge in [-0.3, -0.25) is 20.4 Å². The summed E-state index contributed by atoms with van der Waals surface area (Å²) in [6.45, 7) is 1.87. The van der Waals surface area contributed by atoms with Crippen molar-refractivity contribution < 1.29 is 18.7 Å². The van der Waals surface area contributed by atoms with Crippen LogP contribution in [0.25, 0.3) is 11.1 Å². The Bertz CT molecular complexity index is 1050. The Kier molecular flexibility index (Phi) is 6.64. The van der Waals surface area contributed by atoms with E-state index in [9.17, 15) is 14.0 Å². The fraction of sp³-hybridized carbons (Fsp3) is 0.130. The van der Waals surface area contributed by atoms with Crippen LogP contribution in [0.3, 0.4) is 0 Å². The molecule has 2 amide bonds. The minimum absolute atomic E-state index is 0.102. The molecule has 154 valence electrons. The van der Waals surface area contributed by atoms with E-state index in [4.69, 9.17) is 4.74 Å². The standard InChI is InChI=1S/C23H22FN3O3/c1-15-7-9-16(10-8-15)17-11-12-18(19(24)13-17)23(29)27-26-22(28)14-25-20-5-3-4-6-21(20)30-2/h3-13,25H,14H2,1-2H3,(H,26,28)(H,27,29). The largest absolute Gasteiger partial charge is 0.495 e. The summed E-state index contributed by atoms with van der Waals surface area (Å²) in [5, 5.41) is 2.91. The van der Waals surface area contributed by atoms with E-state index < -0.39 is 17.6 Å². The average molecular weight is 407 g/mol. The maximum atomic E-state index is 14.4. The number of carbonyl (C=O) groups is 2. The molecule has 0 aromatic heterocycles. The smallest absolute Gasteiger partial charge is 0.272 e. The van der Waals surface area contributed by atoms with Crippen LogP contribution in [0.1, 0.15) is 15.9 Å². The van der Waals surface area contributed by atoms with Crippen LogP contribution in [-0.4, -0.2) is 25.5 Å². The van der Waals surface area contributed by atoms with Gasteiger partial charge < -0.3 is 10.1 Å². The van der Waals surface area contributed by atoms with Gasteiger partial charge in [0.25, 0.3) is 11.8 Å². The molecule has 0 bridgehead atoms. The number of rotatable bonds is 6. The van der Waals surface area contributed by atoms with Crippen LogP contribution in [-0.2, 0) is 4.79 Å². The second-order valence-corrected chi connectivity index (χ2v) is 6.62. The van der Waals surface area contributed by atoms with Crippen molar-refractivity contribution in [3.05, 3.63) is 83.7 Å². The Morgan fingerprint density at radius 2 is 1.63 bits per heavy atom. The van der Waals surface area contributed by atoms with Crippen molar-refractivity contribution in [2.45, 2.75) is 6.92 Å². The van der Waals surface area contributed by atoms with Crippen LogP contribution >= 0.6 is 0 Å².